The number of amides is 1. The Balaban J connectivity index is 1.57. The van der Waals surface area contributed by atoms with Gasteiger partial charge in [-0.2, -0.15) is 0 Å². The van der Waals surface area contributed by atoms with Gasteiger partial charge in [-0.15, -0.1) is 0 Å². The van der Waals surface area contributed by atoms with Crippen LogP contribution in [0.3, 0.4) is 0 Å². The summed E-state index contributed by atoms with van der Waals surface area (Å²) >= 11 is 0. The highest BCUT2D eigenvalue weighted by Crippen LogP contribution is 2.73. The van der Waals surface area contributed by atoms with Gasteiger partial charge in [0.15, 0.2) is 0 Å². The van der Waals surface area contributed by atoms with Crippen LogP contribution >= 0.6 is 0 Å². The predicted molar refractivity (Wildman–Crippen MR) is 64.0 cm³/mol. The Morgan fingerprint density at radius 1 is 1.25 bits per heavy atom. The van der Waals surface area contributed by atoms with Gasteiger partial charge in [-0.1, -0.05) is 20.3 Å². The first-order chi connectivity index (χ1) is 7.57. The smallest absolute Gasteiger partial charge is 0.228 e. The fourth-order valence-corrected chi connectivity index (χ4v) is 4.40. The van der Waals surface area contributed by atoms with Crippen LogP contribution in [0.15, 0.2) is 0 Å². The van der Waals surface area contributed by atoms with Gasteiger partial charge in [0.2, 0.25) is 5.91 Å². The number of carbonyl (C=O) groups excluding carboxylic acids is 1. The number of hydrogen-bond acceptors (Lipinski definition) is 1. The Bertz CT molecular complexity index is 295. The largest absolute Gasteiger partial charge is 0.342 e. The van der Waals surface area contributed by atoms with Crippen LogP contribution in [0.25, 0.3) is 0 Å². The number of carbonyl (C=O) groups is 1. The third-order valence-electron chi connectivity index (χ3n) is 5.23. The highest BCUT2D eigenvalue weighted by molar-refractivity contribution is 5.86. The topological polar surface area (TPSA) is 20.3 Å². The molecule has 4 aliphatic rings. The van der Waals surface area contributed by atoms with Crippen LogP contribution in [0.2, 0.25) is 0 Å². The maximum Gasteiger partial charge on any atom is 0.228 e. The number of piperidine rings is 1. The summed E-state index contributed by atoms with van der Waals surface area (Å²) in [5.74, 6) is 1.36. The number of rotatable bonds is 2. The summed E-state index contributed by atoms with van der Waals surface area (Å²) in [6.07, 6.45) is 7.27. The molecule has 0 atom stereocenters. The third-order valence-corrected chi connectivity index (χ3v) is 5.23. The molecule has 1 aliphatic heterocycles. The Hall–Kier alpha value is -0.530. The summed E-state index contributed by atoms with van der Waals surface area (Å²) in [5, 5.41) is 0. The molecule has 0 spiro atoms. The summed E-state index contributed by atoms with van der Waals surface area (Å²) in [6, 6.07) is 0. The van der Waals surface area contributed by atoms with E-state index in [1.54, 1.807) is 0 Å². The van der Waals surface area contributed by atoms with Gasteiger partial charge in [0, 0.05) is 13.1 Å². The number of nitrogens with zero attached hydrogens (tertiary/aromatic N) is 1. The van der Waals surface area contributed by atoms with Gasteiger partial charge < -0.3 is 4.90 Å². The van der Waals surface area contributed by atoms with E-state index in [1.807, 2.05) is 0 Å². The van der Waals surface area contributed by atoms with Crippen molar-refractivity contribution in [3.63, 3.8) is 0 Å². The number of hydrogen-bond donors (Lipinski definition) is 0. The Labute approximate surface area is 98.4 Å². The van der Waals surface area contributed by atoms with Gasteiger partial charge in [0.1, 0.15) is 0 Å². The molecule has 0 N–H and O–H groups in total. The first-order valence-electron chi connectivity index (χ1n) is 6.86. The van der Waals surface area contributed by atoms with E-state index in [-0.39, 0.29) is 5.41 Å². The SMILES string of the molecule is CCC1CCN(C(=O)C23CC(C)(C2)C3)CC1. The molecule has 0 radical (unpaired) electrons. The van der Waals surface area contributed by atoms with Crippen LogP contribution in [0.4, 0.5) is 0 Å². The van der Waals surface area contributed by atoms with Crippen molar-refractivity contribution in [2.75, 3.05) is 13.1 Å². The van der Waals surface area contributed by atoms with Crippen molar-refractivity contribution >= 4 is 5.91 Å². The molecular formula is C14H23NO. The van der Waals surface area contributed by atoms with E-state index in [9.17, 15) is 4.79 Å². The van der Waals surface area contributed by atoms with E-state index in [0.29, 0.717) is 11.3 Å². The molecule has 3 aliphatic carbocycles. The highest BCUT2D eigenvalue weighted by atomic mass is 16.2. The standard InChI is InChI=1S/C14H23NO/c1-3-11-4-6-15(7-5-11)12(16)14-8-13(2,9-14)10-14/h11H,3-10H2,1-2H3. The van der Waals surface area contributed by atoms with E-state index in [1.165, 1.54) is 38.5 Å². The molecule has 16 heavy (non-hydrogen) atoms. The second kappa shape index (κ2) is 3.24. The molecule has 0 aromatic carbocycles. The lowest BCUT2D eigenvalue weighted by Gasteiger charge is -2.69. The molecule has 1 amide bonds. The van der Waals surface area contributed by atoms with Crippen LogP contribution in [0.5, 0.6) is 0 Å². The average Bonchev–Trinajstić information content (AvgIpc) is 2.23. The minimum absolute atomic E-state index is 0.119. The van der Waals surface area contributed by atoms with Gasteiger partial charge in [-0.3, -0.25) is 4.79 Å². The highest BCUT2D eigenvalue weighted by Gasteiger charge is 2.69. The molecule has 90 valence electrons. The minimum atomic E-state index is 0.119. The Morgan fingerprint density at radius 2 is 1.81 bits per heavy atom. The summed E-state index contributed by atoms with van der Waals surface area (Å²) in [6.45, 7) is 6.64. The molecule has 0 aromatic heterocycles. The third kappa shape index (κ3) is 1.34. The van der Waals surface area contributed by atoms with Crippen molar-refractivity contribution in [2.45, 2.75) is 52.4 Å². The van der Waals surface area contributed by atoms with Gasteiger partial charge in [-0.25, -0.2) is 0 Å². The van der Waals surface area contributed by atoms with E-state index in [4.69, 9.17) is 0 Å². The molecule has 3 saturated carbocycles. The Morgan fingerprint density at radius 3 is 2.25 bits per heavy atom. The molecule has 2 heteroatoms. The van der Waals surface area contributed by atoms with Crippen molar-refractivity contribution in [1.82, 2.24) is 4.90 Å². The maximum absolute atomic E-state index is 12.4. The molecule has 4 fully saturated rings. The van der Waals surface area contributed by atoms with Crippen LogP contribution in [0.1, 0.15) is 52.4 Å². The van der Waals surface area contributed by atoms with Gasteiger partial charge in [0.05, 0.1) is 5.41 Å². The average molecular weight is 221 g/mol. The van der Waals surface area contributed by atoms with Crippen molar-refractivity contribution in [3.8, 4) is 0 Å². The van der Waals surface area contributed by atoms with Crippen LogP contribution < -0.4 is 0 Å². The zero-order chi connectivity index (χ0) is 11.4. The molecule has 0 unspecified atom stereocenters. The van der Waals surface area contributed by atoms with E-state index in [0.717, 1.165) is 19.0 Å². The van der Waals surface area contributed by atoms with E-state index >= 15 is 0 Å². The fraction of sp³-hybridized carbons (Fsp3) is 0.929. The predicted octanol–water partition coefficient (Wildman–Crippen LogP) is 2.83. The summed E-state index contributed by atoms with van der Waals surface area (Å²) in [4.78, 5) is 14.6. The quantitative estimate of drug-likeness (QED) is 0.702. The monoisotopic (exact) mass is 221 g/mol. The molecule has 2 nitrogen and oxygen atoms in total. The van der Waals surface area contributed by atoms with Crippen molar-refractivity contribution < 1.29 is 4.79 Å². The van der Waals surface area contributed by atoms with Crippen LogP contribution in [-0.4, -0.2) is 23.9 Å². The molecular weight excluding hydrogens is 198 g/mol. The van der Waals surface area contributed by atoms with Crippen LogP contribution in [-0.2, 0) is 4.79 Å². The minimum Gasteiger partial charge on any atom is -0.342 e. The summed E-state index contributed by atoms with van der Waals surface area (Å²) < 4.78 is 0. The van der Waals surface area contributed by atoms with Crippen molar-refractivity contribution in [3.05, 3.63) is 0 Å². The first-order valence-corrected chi connectivity index (χ1v) is 6.86. The zero-order valence-corrected chi connectivity index (χ0v) is 10.6. The second-order valence-corrected chi connectivity index (χ2v) is 6.77. The van der Waals surface area contributed by atoms with E-state index in [2.05, 4.69) is 18.7 Å². The molecule has 1 heterocycles. The van der Waals surface area contributed by atoms with Crippen molar-refractivity contribution in [1.29, 1.82) is 0 Å². The Kier molecular flexibility index (Phi) is 2.15. The molecule has 1 saturated heterocycles. The fourth-order valence-electron chi connectivity index (χ4n) is 4.40. The summed E-state index contributed by atoms with van der Waals surface area (Å²) in [5.41, 5.74) is 0.672. The summed E-state index contributed by atoms with van der Waals surface area (Å²) in [7, 11) is 0. The van der Waals surface area contributed by atoms with Gasteiger partial charge >= 0.3 is 0 Å². The van der Waals surface area contributed by atoms with E-state index < -0.39 is 0 Å². The normalized spacial score (nSPS) is 42.5. The second-order valence-electron chi connectivity index (χ2n) is 6.77. The lowest BCUT2D eigenvalue weighted by Crippen LogP contribution is -2.67. The molecule has 0 aromatic rings. The lowest BCUT2D eigenvalue weighted by atomic mass is 9.35. The lowest BCUT2D eigenvalue weighted by molar-refractivity contribution is -0.210. The molecule has 2 bridgehead atoms. The first kappa shape index (κ1) is 10.6. The van der Waals surface area contributed by atoms with Gasteiger partial charge in [-0.05, 0) is 43.4 Å². The number of likely N-dealkylation sites (tertiary alicyclic amines) is 1. The van der Waals surface area contributed by atoms with Crippen LogP contribution in [0, 0.1) is 16.7 Å². The zero-order valence-electron chi connectivity index (χ0n) is 10.6. The molecule has 4 rings (SSSR count). The maximum atomic E-state index is 12.4. The van der Waals surface area contributed by atoms with Crippen molar-refractivity contribution in [2.24, 2.45) is 16.7 Å². The van der Waals surface area contributed by atoms with Gasteiger partial charge in [0.25, 0.3) is 0 Å².